The van der Waals surface area contributed by atoms with Crippen molar-refractivity contribution in [3.8, 4) is 11.5 Å². The van der Waals surface area contributed by atoms with Crippen LogP contribution in [0.25, 0.3) is 11.5 Å². The van der Waals surface area contributed by atoms with Gasteiger partial charge in [0, 0.05) is 6.20 Å². The minimum absolute atomic E-state index is 0.00801. The van der Waals surface area contributed by atoms with E-state index >= 15 is 0 Å². The monoisotopic (exact) mass is 310 g/mol. The van der Waals surface area contributed by atoms with E-state index < -0.39 is 15.8 Å². The standard InChI is InChI=1S/C13H14N2O5S/c1-8-2-3-11(20-8)12-10(13(16)17)6-15(14-12)9-4-5-21(18,19)7-9/h2-3,6,9H,4-5,7H2,1H3,(H,16,17). The highest BCUT2D eigenvalue weighted by molar-refractivity contribution is 7.91. The van der Waals surface area contributed by atoms with Crippen molar-refractivity contribution in [1.82, 2.24) is 9.78 Å². The van der Waals surface area contributed by atoms with Crippen molar-refractivity contribution in [2.45, 2.75) is 19.4 Å². The van der Waals surface area contributed by atoms with Crippen LogP contribution >= 0.6 is 0 Å². The summed E-state index contributed by atoms with van der Waals surface area (Å²) in [6.07, 6.45) is 1.82. The summed E-state index contributed by atoms with van der Waals surface area (Å²) in [6.45, 7) is 1.75. The van der Waals surface area contributed by atoms with E-state index in [0.29, 0.717) is 17.9 Å². The van der Waals surface area contributed by atoms with Crippen molar-refractivity contribution in [2.75, 3.05) is 11.5 Å². The number of aryl methyl sites for hydroxylation is 1. The zero-order valence-corrected chi connectivity index (χ0v) is 12.1. The molecule has 3 heterocycles. The molecule has 7 nitrogen and oxygen atoms in total. The maximum Gasteiger partial charge on any atom is 0.339 e. The minimum atomic E-state index is -3.06. The minimum Gasteiger partial charge on any atom is -0.478 e. The summed E-state index contributed by atoms with van der Waals surface area (Å²) < 4.78 is 29.9. The highest BCUT2D eigenvalue weighted by atomic mass is 32.2. The Morgan fingerprint density at radius 1 is 1.48 bits per heavy atom. The Bertz CT molecular complexity index is 802. The molecule has 0 amide bonds. The summed E-state index contributed by atoms with van der Waals surface area (Å²) in [6, 6.07) is 3.05. The molecule has 8 heteroatoms. The van der Waals surface area contributed by atoms with Gasteiger partial charge in [0.05, 0.1) is 17.5 Å². The van der Waals surface area contributed by atoms with Crippen LogP contribution in [-0.2, 0) is 9.84 Å². The van der Waals surface area contributed by atoms with E-state index in [2.05, 4.69) is 5.10 Å². The predicted octanol–water partition coefficient (Wildman–Crippen LogP) is 1.51. The Morgan fingerprint density at radius 2 is 2.24 bits per heavy atom. The number of hydrogen-bond donors (Lipinski definition) is 1. The Labute approximate surface area is 121 Å². The van der Waals surface area contributed by atoms with Gasteiger partial charge in [0.15, 0.2) is 15.6 Å². The lowest BCUT2D eigenvalue weighted by atomic mass is 10.2. The summed E-state index contributed by atoms with van der Waals surface area (Å²) in [5.41, 5.74) is 0.230. The summed E-state index contributed by atoms with van der Waals surface area (Å²) in [7, 11) is -3.06. The van der Waals surface area contributed by atoms with Gasteiger partial charge in [0.1, 0.15) is 17.0 Å². The number of furan rings is 1. The SMILES string of the molecule is Cc1ccc(-c2nn(C3CCS(=O)(=O)C3)cc2C(=O)O)o1. The first-order valence-electron chi connectivity index (χ1n) is 6.45. The van der Waals surface area contributed by atoms with Crippen LogP contribution in [0.5, 0.6) is 0 Å². The van der Waals surface area contributed by atoms with Crippen LogP contribution in [0, 0.1) is 6.92 Å². The van der Waals surface area contributed by atoms with Crippen molar-refractivity contribution in [3.63, 3.8) is 0 Å². The average molecular weight is 310 g/mol. The van der Waals surface area contributed by atoms with Crippen molar-refractivity contribution in [3.05, 3.63) is 29.7 Å². The van der Waals surface area contributed by atoms with E-state index in [-0.39, 0.29) is 28.8 Å². The maximum atomic E-state index is 11.5. The second-order valence-corrected chi connectivity index (χ2v) is 7.37. The van der Waals surface area contributed by atoms with Crippen molar-refractivity contribution >= 4 is 15.8 Å². The molecule has 0 aromatic carbocycles. The molecule has 1 aliphatic rings. The molecule has 2 aromatic heterocycles. The number of sulfone groups is 1. The van der Waals surface area contributed by atoms with Gasteiger partial charge in [-0.1, -0.05) is 0 Å². The van der Waals surface area contributed by atoms with Crippen LogP contribution in [0.15, 0.2) is 22.7 Å². The number of carboxylic acids is 1. The molecule has 1 N–H and O–H groups in total. The third-order valence-corrected chi connectivity index (χ3v) is 5.27. The second-order valence-electron chi connectivity index (χ2n) is 5.14. The molecule has 2 aromatic rings. The first-order valence-corrected chi connectivity index (χ1v) is 8.27. The first-order chi connectivity index (χ1) is 9.85. The van der Waals surface area contributed by atoms with Gasteiger partial charge < -0.3 is 9.52 Å². The molecule has 1 unspecified atom stereocenters. The maximum absolute atomic E-state index is 11.5. The van der Waals surface area contributed by atoms with Crippen LogP contribution in [0.2, 0.25) is 0 Å². The molecule has 1 fully saturated rings. The van der Waals surface area contributed by atoms with Gasteiger partial charge in [-0.3, -0.25) is 4.68 Å². The number of aromatic carboxylic acids is 1. The molecule has 21 heavy (non-hydrogen) atoms. The van der Waals surface area contributed by atoms with Crippen LogP contribution in [-0.4, -0.2) is 40.8 Å². The molecular formula is C13H14N2O5S. The lowest BCUT2D eigenvalue weighted by Gasteiger charge is -2.07. The van der Waals surface area contributed by atoms with Gasteiger partial charge in [-0.05, 0) is 25.5 Å². The zero-order valence-electron chi connectivity index (χ0n) is 11.3. The topological polar surface area (TPSA) is 102 Å². The van der Waals surface area contributed by atoms with Gasteiger partial charge >= 0.3 is 5.97 Å². The van der Waals surface area contributed by atoms with Gasteiger partial charge in [-0.25, -0.2) is 13.2 Å². The number of nitrogens with zero attached hydrogens (tertiary/aromatic N) is 2. The number of carbonyl (C=O) groups is 1. The van der Waals surface area contributed by atoms with E-state index in [9.17, 15) is 18.3 Å². The van der Waals surface area contributed by atoms with E-state index in [0.717, 1.165) is 0 Å². The van der Waals surface area contributed by atoms with Crippen LogP contribution in [0.3, 0.4) is 0 Å². The van der Waals surface area contributed by atoms with Crippen molar-refractivity contribution < 1.29 is 22.7 Å². The highest BCUT2D eigenvalue weighted by Gasteiger charge is 2.31. The normalized spacial score (nSPS) is 20.7. The molecule has 0 aliphatic carbocycles. The lowest BCUT2D eigenvalue weighted by molar-refractivity contribution is 0.0697. The van der Waals surface area contributed by atoms with E-state index in [1.807, 2.05) is 0 Å². The number of rotatable bonds is 3. The smallest absolute Gasteiger partial charge is 0.339 e. The van der Waals surface area contributed by atoms with E-state index in [1.165, 1.54) is 10.9 Å². The fourth-order valence-electron chi connectivity index (χ4n) is 2.46. The number of aromatic nitrogens is 2. The highest BCUT2D eigenvalue weighted by Crippen LogP contribution is 2.29. The van der Waals surface area contributed by atoms with Gasteiger partial charge in [0.25, 0.3) is 0 Å². The summed E-state index contributed by atoms with van der Waals surface area (Å²) in [5.74, 6) is -0.00514. The molecule has 1 aliphatic heterocycles. The Kier molecular flexibility index (Phi) is 3.12. The lowest BCUT2D eigenvalue weighted by Crippen LogP contribution is -2.11. The fourth-order valence-corrected chi connectivity index (χ4v) is 4.17. The van der Waals surface area contributed by atoms with Crippen molar-refractivity contribution in [2.24, 2.45) is 0 Å². The molecule has 3 rings (SSSR count). The van der Waals surface area contributed by atoms with E-state index in [1.54, 1.807) is 19.1 Å². The molecule has 112 valence electrons. The Hall–Kier alpha value is -2.09. The molecular weight excluding hydrogens is 296 g/mol. The fraction of sp³-hybridized carbons (Fsp3) is 0.385. The van der Waals surface area contributed by atoms with Crippen LogP contribution in [0.1, 0.15) is 28.6 Å². The van der Waals surface area contributed by atoms with Crippen LogP contribution < -0.4 is 0 Å². The van der Waals surface area contributed by atoms with Crippen molar-refractivity contribution in [1.29, 1.82) is 0 Å². The Balaban J connectivity index is 2.03. The largest absolute Gasteiger partial charge is 0.478 e. The molecule has 0 bridgehead atoms. The molecule has 0 saturated carbocycles. The quantitative estimate of drug-likeness (QED) is 0.921. The summed E-state index contributed by atoms with van der Waals surface area (Å²) in [5, 5.41) is 13.5. The second kappa shape index (κ2) is 4.73. The first kappa shape index (κ1) is 13.9. The summed E-state index contributed by atoms with van der Waals surface area (Å²) in [4.78, 5) is 11.3. The van der Waals surface area contributed by atoms with Gasteiger partial charge in [-0.15, -0.1) is 0 Å². The van der Waals surface area contributed by atoms with Crippen LogP contribution in [0.4, 0.5) is 0 Å². The van der Waals surface area contributed by atoms with E-state index in [4.69, 9.17) is 4.42 Å². The number of hydrogen-bond acceptors (Lipinski definition) is 5. The predicted molar refractivity (Wildman–Crippen MR) is 73.9 cm³/mol. The van der Waals surface area contributed by atoms with Gasteiger partial charge in [-0.2, -0.15) is 5.10 Å². The Morgan fingerprint density at radius 3 is 2.76 bits per heavy atom. The molecule has 0 radical (unpaired) electrons. The molecule has 1 atom stereocenters. The molecule has 1 saturated heterocycles. The summed E-state index contributed by atoms with van der Waals surface area (Å²) >= 11 is 0. The van der Waals surface area contributed by atoms with Gasteiger partial charge in [0.2, 0.25) is 0 Å². The average Bonchev–Trinajstić information content (AvgIpc) is 3.06. The third-order valence-electron chi connectivity index (χ3n) is 3.52. The zero-order chi connectivity index (χ0) is 15.2. The number of carboxylic acid groups (broad SMARTS) is 1. The third kappa shape index (κ3) is 2.58. The molecule has 0 spiro atoms.